The van der Waals surface area contributed by atoms with E-state index in [1.54, 1.807) is 12.3 Å². The molecule has 0 radical (unpaired) electrons. The van der Waals surface area contributed by atoms with E-state index < -0.39 is 0 Å². The highest BCUT2D eigenvalue weighted by Crippen LogP contribution is 2.21. The summed E-state index contributed by atoms with van der Waals surface area (Å²) in [5.74, 6) is -0.226. The molecule has 0 spiro atoms. The van der Waals surface area contributed by atoms with Crippen LogP contribution in [0.2, 0.25) is 0 Å². The monoisotopic (exact) mass is 251 g/mol. The Hall–Kier alpha value is -1.22. The van der Waals surface area contributed by atoms with E-state index in [0.717, 1.165) is 15.7 Å². The molecule has 0 aliphatic heterocycles. The lowest BCUT2D eigenvalue weighted by Gasteiger charge is -2.01. The lowest BCUT2D eigenvalue weighted by Crippen LogP contribution is -1.81. The number of aromatic nitrogens is 1. The van der Waals surface area contributed by atoms with Crippen molar-refractivity contribution in [1.29, 1.82) is 0 Å². The number of hydrogen-bond donors (Lipinski definition) is 0. The van der Waals surface area contributed by atoms with Gasteiger partial charge in [-0.1, -0.05) is 12.1 Å². The summed E-state index contributed by atoms with van der Waals surface area (Å²) in [6, 6.07) is 10.2. The molecule has 70 valence electrons. The number of halogens is 2. The minimum atomic E-state index is -0.226. The van der Waals surface area contributed by atoms with Crippen LogP contribution in [0.4, 0.5) is 4.39 Å². The van der Waals surface area contributed by atoms with Crippen LogP contribution >= 0.6 is 15.9 Å². The summed E-state index contributed by atoms with van der Waals surface area (Å²) in [5.41, 5.74) is 1.81. The highest BCUT2D eigenvalue weighted by Gasteiger charge is 1.99. The van der Waals surface area contributed by atoms with E-state index in [0.29, 0.717) is 0 Å². The van der Waals surface area contributed by atoms with Crippen molar-refractivity contribution in [2.45, 2.75) is 0 Å². The molecule has 1 nitrogen and oxygen atoms in total. The van der Waals surface area contributed by atoms with Gasteiger partial charge in [0.2, 0.25) is 0 Å². The number of hydrogen-bond acceptors (Lipinski definition) is 1. The highest BCUT2D eigenvalue weighted by molar-refractivity contribution is 9.10. The average molecular weight is 252 g/mol. The average Bonchev–Trinajstić information content (AvgIpc) is 2.18. The van der Waals surface area contributed by atoms with Crippen molar-refractivity contribution in [2.75, 3.05) is 0 Å². The number of pyridine rings is 1. The number of nitrogens with zero attached hydrogens (tertiary/aromatic N) is 1. The molecule has 14 heavy (non-hydrogen) atoms. The van der Waals surface area contributed by atoms with Crippen molar-refractivity contribution in [1.82, 2.24) is 4.98 Å². The van der Waals surface area contributed by atoms with E-state index in [1.165, 1.54) is 12.1 Å². The van der Waals surface area contributed by atoms with E-state index in [9.17, 15) is 4.39 Å². The SMILES string of the molecule is Fc1cccc(-c2ccnc(Br)c2)c1. The first kappa shape index (κ1) is 9.34. The van der Waals surface area contributed by atoms with Crippen molar-refractivity contribution < 1.29 is 4.39 Å². The molecule has 0 N–H and O–H groups in total. The largest absolute Gasteiger partial charge is 0.249 e. The molecule has 0 amide bonds. The molecule has 0 unspecified atom stereocenters. The molecule has 2 rings (SSSR count). The predicted molar refractivity (Wildman–Crippen MR) is 57.3 cm³/mol. The number of rotatable bonds is 1. The zero-order valence-corrected chi connectivity index (χ0v) is 8.83. The van der Waals surface area contributed by atoms with Gasteiger partial charge in [-0.3, -0.25) is 0 Å². The Labute approximate surface area is 89.7 Å². The van der Waals surface area contributed by atoms with Gasteiger partial charge in [0.05, 0.1) is 0 Å². The normalized spacial score (nSPS) is 10.1. The quantitative estimate of drug-likeness (QED) is 0.706. The highest BCUT2D eigenvalue weighted by atomic mass is 79.9. The van der Waals surface area contributed by atoms with E-state index >= 15 is 0 Å². The van der Waals surface area contributed by atoms with Gasteiger partial charge in [-0.2, -0.15) is 0 Å². The molecule has 3 heteroatoms. The maximum Gasteiger partial charge on any atom is 0.123 e. The molecule has 0 saturated heterocycles. The first-order valence-electron chi connectivity index (χ1n) is 4.13. The van der Waals surface area contributed by atoms with E-state index in [-0.39, 0.29) is 5.82 Å². The Morgan fingerprint density at radius 3 is 2.57 bits per heavy atom. The van der Waals surface area contributed by atoms with Gasteiger partial charge in [-0.25, -0.2) is 9.37 Å². The Morgan fingerprint density at radius 2 is 1.86 bits per heavy atom. The van der Waals surface area contributed by atoms with Gasteiger partial charge < -0.3 is 0 Å². The van der Waals surface area contributed by atoms with E-state index in [2.05, 4.69) is 20.9 Å². The zero-order chi connectivity index (χ0) is 9.97. The van der Waals surface area contributed by atoms with Gasteiger partial charge in [0.25, 0.3) is 0 Å². The van der Waals surface area contributed by atoms with Crippen LogP contribution in [0.15, 0.2) is 47.2 Å². The topological polar surface area (TPSA) is 12.9 Å². The molecule has 0 atom stereocenters. The zero-order valence-electron chi connectivity index (χ0n) is 7.24. The summed E-state index contributed by atoms with van der Waals surface area (Å²) in [6.45, 7) is 0. The van der Waals surface area contributed by atoms with Crippen LogP contribution < -0.4 is 0 Å². The first-order chi connectivity index (χ1) is 6.75. The van der Waals surface area contributed by atoms with Gasteiger partial charge >= 0.3 is 0 Å². The van der Waals surface area contributed by atoms with E-state index in [4.69, 9.17) is 0 Å². The Kier molecular flexibility index (Phi) is 2.59. The van der Waals surface area contributed by atoms with Crippen molar-refractivity contribution in [3.8, 4) is 11.1 Å². The van der Waals surface area contributed by atoms with Crippen molar-refractivity contribution in [2.24, 2.45) is 0 Å². The van der Waals surface area contributed by atoms with Crippen LogP contribution in [0.25, 0.3) is 11.1 Å². The molecule has 1 heterocycles. The standard InChI is InChI=1S/C11H7BrFN/c12-11-7-9(4-5-14-11)8-2-1-3-10(13)6-8/h1-7H. The van der Waals surface area contributed by atoms with Gasteiger partial charge in [-0.15, -0.1) is 0 Å². The molecule has 0 fully saturated rings. The fraction of sp³-hybridized carbons (Fsp3) is 0. The molecule has 0 bridgehead atoms. The Balaban J connectivity index is 2.49. The summed E-state index contributed by atoms with van der Waals surface area (Å²) in [5, 5.41) is 0. The van der Waals surface area contributed by atoms with Crippen LogP contribution in [-0.4, -0.2) is 4.98 Å². The molecular weight excluding hydrogens is 245 g/mol. The van der Waals surface area contributed by atoms with Crippen LogP contribution in [0.5, 0.6) is 0 Å². The third-order valence-electron chi connectivity index (χ3n) is 1.88. The molecule has 1 aromatic heterocycles. The molecule has 0 saturated carbocycles. The summed E-state index contributed by atoms with van der Waals surface area (Å²) in [6.07, 6.45) is 1.68. The lowest BCUT2D eigenvalue weighted by molar-refractivity contribution is 0.628. The summed E-state index contributed by atoms with van der Waals surface area (Å²) >= 11 is 3.27. The minimum absolute atomic E-state index is 0.226. The molecule has 0 aliphatic carbocycles. The third kappa shape index (κ3) is 1.99. The second kappa shape index (κ2) is 3.88. The second-order valence-electron chi connectivity index (χ2n) is 2.88. The van der Waals surface area contributed by atoms with Crippen LogP contribution in [0.1, 0.15) is 0 Å². The van der Waals surface area contributed by atoms with Crippen LogP contribution in [0.3, 0.4) is 0 Å². The van der Waals surface area contributed by atoms with Gasteiger partial charge in [-0.05, 0) is 51.3 Å². The Bertz CT molecular complexity index is 413. The maximum absolute atomic E-state index is 12.9. The third-order valence-corrected chi connectivity index (χ3v) is 2.32. The van der Waals surface area contributed by atoms with Crippen molar-refractivity contribution >= 4 is 15.9 Å². The summed E-state index contributed by atoms with van der Waals surface area (Å²) < 4.78 is 13.7. The van der Waals surface area contributed by atoms with Crippen LogP contribution in [0, 0.1) is 5.82 Å². The second-order valence-corrected chi connectivity index (χ2v) is 3.69. The molecule has 2 aromatic rings. The fourth-order valence-corrected chi connectivity index (χ4v) is 1.61. The molecular formula is C11H7BrFN. The molecule has 0 aliphatic rings. The predicted octanol–water partition coefficient (Wildman–Crippen LogP) is 3.65. The van der Waals surface area contributed by atoms with Gasteiger partial charge in [0.15, 0.2) is 0 Å². The maximum atomic E-state index is 12.9. The first-order valence-corrected chi connectivity index (χ1v) is 4.92. The minimum Gasteiger partial charge on any atom is -0.249 e. The summed E-state index contributed by atoms with van der Waals surface area (Å²) in [7, 11) is 0. The van der Waals surface area contributed by atoms with Crippen LogP contribution in [-0.2, 0) is 0 Å². The van der Waals surface area contributed by atoms with E-state index in [1.807, 2.05) is 18.2 Å². The number of benzene rings is 1. The molecule has 1 aromatic carbocycles. The van der Waals surface area contributed by atoms with Gasteiger partial charge in [0.1, 0.15) is 10.4 Å². The summed E-state index contributed by atoms with van der Waals surface area (Å²) in [4.78, 5) is 4.01. The van der Waals surface area contributed by atoms with Gasteiger partial charge in [0, 0.05) is 6.20 Å². The smallest absolute Gasteiger partial charge is 0.123 e. The fourth-order valence-electron chi connectivity index (χ4n) is 1.25. The van der Waals surface area contributed by atoms with Crippen molar-refractivity contribution in [3.05, 3.63) is 53.0 Å². The lowest BCUT2D eigenvalue weighted by atomic mass is 10.1. The van der Waals surface area contributed by atoms with Crippen molar-refractivity contribution in [3.63, 3.8) is 0 Å². The Morgan fingerprint density at radius 1 is 1.07 bits per heavy atom.